The fourth-order valence-corrected chi connectivity index (χ4v) is 2.66. The van der Waals surface area contributed by atoms with Crippen molar-refractivity contribution in [1.82, 2.24) is 14.8 Å². The second-order valence-electron chi connectivity index (χ2n) is 5.62. The third kappa shape index (κ3) is 3.39. The predicted octanol–water partition coefficient (Wildman–Crippen LogP) is 2.98. The van der Waals surface area contributed by atoms with Crippen LogP contribution in [0.4, 0.5) is 0 Å². The molecule has 0 aliphatic rings. The minimum Gasteiger partial charge on any atom is -0.459 e. The molecule has 2 heterocycles. The summed E-state index contributed by atoms with van der Waals surface area (Å²) in [5.74, 6) is 1.77. The molecule has 120 valence electrons. The SMILES string of the molecule is CN=C(NCc1cccn1C)N(C)Cc1cc2ccccc2o1. The van der Waals surface area contributed by atoms with Crippen molar-refractivity contribution in [2.45, 2.75) is 13.1 Å². The molecule has 0 radical (unpaired) electrons. The molecule has 0 amide bonds. The first-order chi connectivity index (χ1) is 11.2. The molecule has 0 unspecified atom stereocenters. The van der Waals surface area contributed by atoms with Gasteiger partial charge in [-0.25, -0.2) is 0 Å². The second kappa shape index (κ2) is 6.60. The molecular formula is C18H22N4O. The van der Waals surface area contributed by atoms with E-state index >= 15 is 0 Å². The monoisotopic (exact) mass is 310 g/mol. The standard InChI is InChI=1S/C18H22N4O/c1-19-18(20-12-15-8-6-10-21(15)2)22(3)13-16-11-14-7-4-5-9-17(14)23-16/h4-11H,12-13H2,1-3H3,(H,19,20). The van der Waals surface area contributed by atoms with E-state index in [9.17, 15) is 0 Å². The number of guanidine groups is 1. The van der Waals surface area contributed by atoms with Crippen LogP contribution in [0.5, 0.6) is 0 Å². The first-order valence-corrected chi connectivity index (χ1v) is 7.67. The van der Waals surface area contributed by atoms with Crippen LogP contribution in [-0.4, -0.2) is 29.5 Å². The van der Waals surface area contributed by atoms with Crippen molar-refractivity contribution >= 4 is 16.9 Å². The van der Waals surface area contributed by atoms with E-state index in [4.69, 9.17) is 4.42 Å². The van der Waals surface area contributed by atoms with Gasteiger partial charge in [-0.15, -0.1) is 0 Å². The van der Waals surface area contributed by atoms with Crippen molar-refractivity contribution in [1.29, 1.82) is 0 Å². The molecule has 0 spiro atoms. The van der Waals surface area contributed by atoms with E-state index in [1.807, 2.05) is 44.6 Å². The molecule has 5 heteroatoms. The number of para-hydroxylation sites is 1. The molecule has 23 heavy (non-hydrogen) atoms. The van der Waals surface area contributed by atoms with E-state index in [-0.39, 0.29) is 0 Å². The molecule has 0 bridgehead atoms. The summed E-state index contributed by atoms with van der Waals surface area (Å²) in [4.78, 5) is 6.40. The van der Waals surface area contributed by atoms with Crippen LogP contribution in [0.2, 0.25) is 0 Å². The average Bonchev–Trinajstić information content (AvgIpc) is 3.13. The summed E-state index contributed by atoms with van der Waals surface area (Å²) in [6.45, 7) is 1.40. The second-order valence-corrected chi connectivity index (χ2v) is 5.62. The van der Waals surface area contributed by atoms with Crippen molar-refractivity contribution in [3.63, 3.8) is 0 Å². The number of fused-ring (bicyclic) bond motifs is 1. The summed E-state index contributed by atoms with van der Waals surface area (Å²) in [6.07, 6.45) is 2.04. The highest BCUT2D eigenvalue weighted by atomic mass is 16.3. The predicted molar refractivity (Wildman–Crippen MR) is 93.3 cm³/mol. The fraction of sp³-hybridized carbons (Fsp3) is 0.278. The zero-order valence-electron chi connectivity index (χ0n) is 13.8. The Bertz CT molecular complexity index is 782. The van der Waals surface area contributed by atoms with Gasteiger partial charge in [0, 0.05) is 38.4 Å². The third-order valence-electron chi connectivity index (χ3n) is 3.92. The zero-order chi connectivity index (χ0) is 16.2. The number of aliphatic imine (C=N–C) groups is 1. The Morgan fingerprint density at radius 1 is 1.26 bits per heavy atom. The first kappa shape index (κ1) is 15.2. The van der Waals surface area contributed by atoms with Crippen LogP contribution >= 0.6 is 0 Å². The molecule has 0 fully saturated rings. The summed E-state index contributed by atoms with van der Waals surface area (Å²) < 4.78 is 7.97. The molecule has 1 N–H and O–H groups in total. The lowest BCUT2D eigenvalue weighted by atomic mass is 10.2. The molecule has 2 aromatic heterocycles. The Morgan fingerprint density at radius 3 is 2.78 bits per heavy atom. The van der Waals surface area contributed by atoms with Gasteiger partial charge in [0.15, 0.2) is 5.96 Å². The molecule has 0 aliphatic carbocycles. The highest BCUT2D eigenvalue weighted by Crippen LogP contribution is 2.19. The Hall–Kier alpha value is -2.69. The largest absolute Gasteiger partial charge is 0.459 e. The topological polar surface area (TPSA) is 45.7 Å². The van der Waals surface area contributed by atoms with Crippen LogP contribution in [-0.2, 0) is 20.1 Å². The molecular weight excluding hydrogens is 288 g/mol. The van der Waals surface area contributed by atoms with E-state index in [2.05, 4.69) is 38.0 Å². The van der Waals surface area contributed by atoms with Crippen molar-refractivity contribution < 1.29 is 4.42 Å². The molecule has 3 rings (SSSR count). The summed E-state index contributed by atoms with van der Waals surface area (Å²) in [7, 11) is 5.84. The van der Waals surface area contributed by atoms with E-state index in [1.54, 1.807) is 7.05 Å². The summed E-state index contributed by atoms with van der Waals surface area (Å²) in [6, 6.07) is 14.3. The Balaban J connectivity index is 1.65. The molecule has 0 aliphatic heterocycles. The summed E-state index contributed by atoms with van der Waals surface area (Å²) >= 11 is 0. The first-order valence-electron chi connectivity index (χ1n) is 7.67. The van der Waals surface area contributed by atoms with Gasteiger partial charge >= 0.3 is 0 Å². The Morgan fingerprint density at radius 2 is 2.09 bits per heavy atom. The smallest absolute Gasteiger partial charge is 0.194 e. The fourth-order valence-electron chi connectivity index (χ4n) is 2.66. The molecule has 0 saturated heterocycles. The molecule has 1 aromatic carbocycles. The van der Waals surface area contributed by atoms with Crippen LogP contribution < -0.4 is 5.32 Å². The molecule has 3 aromatic rings. The molecule has 5 nitrogen and oxygen atoms in total. The van der Waals surface area contributed by atoms with Crippen molar-refractivity contribution in [2.24, 2.45) is 12.0 Å². The quantitative estimate of drug-likeness (QED) is 0.595. The summed E-state index contributed by atoms with van der Waals surface area (Å²) in [5, 5.41) is 4.51. The van der Waals surface area contributed by atoms with Gasteiger partial charge in [0.05, 0.1) is 13.1 Å². The molecule has 0 saturated carbocycles. The number of rotatable bonds is 4. The maximum absolute atomic E-state index is 5.87. The van der Waals surface area contributed by atoms with Gasteiger partial charge in [-0.2, -0.15) is 0 Å². The average molecular weight is 310 g/mol. The lowest BCUT2D eigenvalue weighted by Gasteiger charge is -2.21. The van der Waals surface area contributed by atoms with Gasteiger partial charge in [0.1, 0.15) is 11.3 Å². The number of nitrogens with one attached hydrogen (secondary N) is 1. The van der Waals surface area contributed by atoms with Crippen LogP contribution in [0.15, 0.2) is 58.1 Å². The number of hydrogen-bond donors (Lipinski definition) is 1. The van der Waals surface area contributed by atoms with Crippen molar-refractivity contribution in [3.8, 4) is 0 Å². The number of aromatic nitrogens is 1. The van der Waals surface area contributed by atoms with Gasteiger partial charge in [-0.05, 0) is 24.3 Å². The van der Waals surface area contributed by atoms with Gasteiger partial charge in [-0.1, -0.05) is 18.2 Å². The maximum Gasteiger partial charge on any atom is 0.194 e. The van der Waals surface area contributed by atoms with Gasteiger partial charge in [-0.3, -0.25) is 4.99 Å². The van der Waals surface area contributed by atoms with Crippen LogP contribution in [0, 0.1) is 0 Å². The maximum atomic E-state index is 5.87. The minimum absolute atomic E-state index is 0.668. The highest BCUT2D eigenvalue weighted by molar-refractivity contribution is 5.80. The van der Waals surface area contributed by atoms with E-state index in [0.29, 0.717) is 6.54 Å². The lowest BCUT2D eigenvalue weighted by Crippen LogP contribution is -2.38. The third-order valence-corrected chi connectivity index (χ3v) is 3.92. The van der Waals surface area contributed by atoms with E-state index in [1.165, 1.54) is 5.69 Å². The van der Waals surface area contributed by atoms with Gasteiger partial charge in [0.2, 0.25) is 0 Å². The number of furan rings is 1. The number of nitrogens with zero attached hydrogens (tertiary/aromatic N) is 3. The Kier molecular flexibility index (Phi) is 4.37. The van der Waals surface area contributed by atoms with Crippen LogP contribution in [0.25, 0.3) is 11.0 Å². The number of aryl methyl sites for hydroxylation is 1. The Labute approximate surface area is 136 Å². The van der Waals surface area contributed by atoms with Crippen molar-refractivity contribution in [2.75, 3.05) is 14.1 Å². The summed E-state index contributed by atoms with van der Waals surface area (Å²) in [5.41, 5.74) is 2.13. The molecule has 0 atom stereocenters. The minimum atomic E-state index is 0.668. The van der Waals surface area contributed by atoms with Crippen molar-refractivity contribution in [3.05, 3.63) is 60.1 Å². The normalized spacial score (nSPS) is 11.9. The van der Waals surface area contributed by atoms with Crippen LogP contribution in [0.3, 0.4) is 0 Å². The number of benzene rings is 1. The highest BCUT2D eigenvalue weighted by Gasteiger charge is 2.10. The van der Waals surface area contributed by atoms with Crippen LogP contribution in [0.1, 0.15) is 11.5 Å². The zero-order valence-corrected chi connectivity index (χ0v) is 13.8. The van der Waals surface area contributed by atoms with E-state index in [0.717, 1.165) is 29.2 Å². The van der Waals surface area contributed by atoms with E-state index < -0.39 is 0 Å². The lowest BCUT2D eigenvalue weighted by molar-refractivity contribution is 0.412. The number of hydrogen-bond acceptors (Lipinski definition) is 2. The van der Waals surface area contributed by atoms with Gasteiger partial charge in [0.25, 0.3) is 0 Å². The van der Waals surface area contributed by atoms with Gasteiger partial charge < -0.3 is 19.2 Å².